The molecule has 0 bridgehead atoms. The van der Waals surface area contributed by atoms with E-state index in [1.54, 1.807) is 0 Å². The third kappa shape index (κ3) is 7.09. The number of benzene rings is 1. The van der Waals surface area contributed by atoms with E-state index in [4.69, 9.17) is 9.47 Å². The van der Waals surface area contributed by atoms with Crippen LogP contribution < -0.4 is 0 Å². The zero-order valence-corrected chi connectivity index (χ0v) is 19.8. The van der Waals surface area contributed by atoms with Gasteiger partial charge in [-0.3, -0.25) is 4.55 Å². The molecule has 0 unspecified atom stereocenters. The molecule has 0 aromatic heterocycles. The SMILES string of the molecule is CC(C)C(OC(=O)c1cc(C(=O)OC(C(C)C)C(C)C)cc(S(=O)(=O)O)c1)C(C)C. The Morgan fingerprint density at radius 2 is 1.00 bits per heavy atom. The molecule has 30 heavy (non-hydrogen) atoms. The van der Waals surface area contributed by atoms with Crippen molar-refractivity contribution in [3.8, 4) is 0 Å². The summed E-state index contributed by atoms with van der Waals surface area (Å²) in [6.07, 6.45) is -0.790. The van der Waals surface area contributed by atoms with Crippen LogP contribution in [-0.4, -0.2) is 37.1 Å². The lowest BCUT2D eigenvalue weighted by Crippen LogP contribution is -2.30. The summed E-state index contributed by atoms with van der Waals surface area (Å²) in [5.74, 6) is -1.37. The van der Waals surface area contributed by atoms with Crippen LogP contribution in [0.5, 0.6) is 0 Å². The van der Waals surface area contributed by atoms with Crippen LogP contribution in [0.25, 0.3) is 0 Å². The smallest absolute Gasteiger partial charge is 0.338 e. The van der Waals surface area contributed by atoms with E-state index in [-0.39, 0.29) is 34.8 Å². The minimum atomic E-state index is -4.65. The van der Waals surface area contributed by atoms with Gasteiger partial charge in [0.15, 0.2) is 0 Å². The highest BCUT2D eigenvalue weighted by molar-refractivity contribution is 7.85. The van der Waals surface area contributed by atoms with E-state index in [1.165, 1.54) is 6.07 Å². The number of esters is 2. The Labute approximate surface area is 179 Å². The van der Waals surface area contributed by atoms with Gasteiger partial charge in [-0.1, -0.05) is 55.4 Å². The van der Waals surface area contributed by atoms with E-state index in [9.17, 15) is 22.6 Å². The van der Waals surface area contributed by atoms with Crippen molar-refractivity contribution in [2.24, 2.45) is 23.7 Å². The third-order valence-corrected chi connectivity index (χ3v) is 5.62. The maximum Gasteiger partial charge on any atom is 0.338 e. The van der Waals surface area contributed by atoms with E-state index >= 15 is 0 Å². The largest absolute Gasteiger partial charge is 0.458 e. The van der Waals surface area contributed by atoms with Gasteiger partial charge in [0.1, 0.15) is 12.2 Å². The highest BCUT2D eigenvalue weighted by Crippen LogP contribution is 2.23. The van der Waals surface area contributed by atoms with E-state index in [1.807, 2.05) is 55.4 Å². The fraction of sp³-hybridized carbons (Fsp3) is 0.636. The second-order valence-electron chi connectivity index (χ2n) is 8.94. The van der Waals surface area contributed by atoms with E-state index in [0.717, 1.165) is 12.1 Å². The number of hydrogen-bond donors (Lipinski definition) is 1. The molecule has 1 aromatic carbocycles. The summed E-state index contributed by atoms with van der Waals surface area (Å²) in [5, 5.41) is 0. The van der Waals surface area contributed by atoms with Crippen LogP contribution >= 0.6 is 0 Å². The van der Waals surface area contributed by atoms with Gasteiger partial charge in [0.05, 0.1) is 16.0 Å². The van der Waals surface area contributed by atoms with Crippen LogP contribution in [0.15, 0.2) is 23.1 Å². The predicted octanol–water partition coefficient (Wildman–Crippen LogP) is 4.61. The topological polar surface area (TPSA) is 107 Å². The number of carbonyl (C=O) groups excluding carboxylic acids is 2. The van der Waals surface area contributed by atoms with Gasteiger partial charge in [-0.05, 0) is 41.9 Å². The third-order valence-electron chi connectivity index (χ3n) is 4.79. The fourth-order valence-corrected chi connectivity index (χ4v) is 4.00. The summed E-state index contributed by atoms with van der Waals surface area (Å²) in [6.45, 7) is 15.3. The summed E-state index contributed by atoms with van der Waals surface area (Å²) >= 11 is 0. The Morgan fingerprint density at radius 3 is 1.23 bits per heavy atom. The molecular formula is C22H34O7S. The van der Waals surface area contributed by atoms with Crippen molar-refractivity contribution in [1.82, 2.24) is 0 Å². The van der Waals surface area contributed by atoms with Crippen LogP contribution in [0.3, 0.4) is 0 Å². The lowest BCUT2D eigenvalue weighted by Gasteiger charge is -2.26. The zero-order valence-electron chi connectivity index (χ0n) is 19.0. The first-order valence-electron chi connectivity index (χ1n) is 10.2. The molecule has 0 saturated carbocycles. The monoisotopic (exact) mass is 442 g/mol. The molecule has 1 rings (SSSR count). The summed E-state index contributed by atoms with van der Waals surface area (Å²) in [4.78, 5) is 24.8. The van der Waals surface area contributed by atoms with Gasteiger partial charge in [0.25, 0.3) is 10.1 Å². The Morgan fingerprint density at radius 1 is 0.700 bits per heavy atom. The molecule has 0 amide bonds. The highest BCUT2D eigenvalue weighted by Gasteiger charge is 2.27. The lowest BCUT2D eigenvalue weighted by molar-refractivity contribution is 0.00277. The molecule has 8 heteroatoms. The minimum Gasteiger partial charge on any atom is -0.458 e. The van der Waals surface area contributed by atoms with Crippen molar-refractivity contribution in [3.63, 3.8) is 0 Å². The maximum atomic E-state index is 12.7. The van der Waals surface area contributed by atoms with Crippen molar-refractivity contribution in [2.75, 3.05) is 0 Å². The molecule has 0 aliphatic carbocycles. The quantitative estimate of drug-likeness (QED) is 0.439. The molecule has 1 aromatic rings. The fourth-order valence-electron chi connectivity index (χ4n) is 3.45. The van der Waals surface area contributed by atoms with Gasteiger partial charge in [-0.2, -0.15) is 8.42 Å². The van der Waals surface area contributed by atoms with E-state index < -0.39 is 39.2 Å². The number of carbonyl (C=O) groups is 2. The van der Waals surface area contributed by atoms with Crippen LogP contribution in [0.2, 0.25) is 0 Å². The van der Waals surface area contributed by atoms with Crippen molar-refractivity contribution in [3.05, 3.63) is 29.3 Å². The first kappa shape index (κ1) is 26.1. The zero-order chi connectivity index (χ0) is 23.4. The molecule has 0 fully saturated rings. The molecule has 7 nitrogen and oxygen atoms in total. The number of hydrogen-bond acceptors (Lipinski definition) is 6. The van der Waals surface area contributed by atoms with Gasteiger partial charge in [-0.25, -0.2) is 9.59 Å². The first-order chi connectivity index (χ1) is 13.6. The second-order valence-corrected chi connectivity index (χ2v) is 10.4. The average Bonchev–Trinajstić information content (AvgIpc) is 2.61. The summed E-state index contributed by atoms with van der Waals surface area (Å²) in [5.41, 5.74) is -0.289. The van der Waals surface area contributed by atoms with Gasteiger partial charge >= 0.3 is 11.9 Å². The molecule has 170 valence electrons. The molecule has 0 atom stereocenters. The molecule has 0 saturated heterocycles. The van der Waals surface area contributed by atoms with E-state index in [2.05, 4.69) is 0 Å². The molecule has 0 aliphatic rings. The summed E-state index contributed by atoms with van der Waals surface area (Å²) in [6, 6.07) is 3.22. The van der Waals surface area contributed by atoms with Crippen LogP contribution in [0, 0.1) is 23.7 Å². The van der Waals surface area contributed by atoms with Gasteiger partial charge < -0.3 is 9.47 Å². The van der Waals surface area contributed by atoms with Crippen molar-refractivity contribution in [2.45, 2.75) is 72.5 Å². The molecule has 0 heterocycles. The Bertz CT molecular complexity index is 786. The first-order valence-corrected chi connectivity index (χ1v) is 11.6. The molecule has 0 spiro atoms. The molecule has 0 aliphatic heterocycles. The lowest BCUT2D eigenvalue weighted by atomic mass is 9.96. The molecule has 0 radical (unpaired) electrons. The van der Waals surface area contributed by atoms with Crippen LogP contribution in [0.1, 0.15) is 76.1 Å². The number of ether oxygens (including phenoxy) is 2. The highest BCUT2D eigenvalue weighted by atomic mass is 32.2. The van der Waals surface area contributed by atoms with Gasteiger partial charge in [0, 0.05) is 0 Å². The van der Waals surface area contributed by atoms with E-state index in [0.29, 0.717) is 0 Å². The molecular weight excluding hydrogens is 408 g/mol. The van der Waals surface area contributed by atoms with Crippen molar-refractivity contribution < 1.29 is 32.0 Å². The minimum absolute atomic E-state index is 0.0426. The normalized spacial score (nSPS) is 12.5. The Balaban J connectivity index is 3.36. The van der Waals surface area contributed by atoms with Gasteiger partial charge in [0.2, 0.25) is 0 Å². The van der Waals surface area contributed by atoms with Crippen molar-refractivity contribution in [1.29, 1.82) is 0 Å². The number of rotatable bonds is 9. The van der Waals surface area contributed by atoms with Crippen molar-refractivity contribution >= 4 is 22.1 Å². The maximum absolute atomic E-state index is 12.7. The standard InChI is InChI=1S/C22H34O7S/c1-12(2)19(13(3)4)28-21(23)16-9-17(11-18(10-16)30(25,26)27)22(24)29-20(14(5)6)15(7)8/h9-15,19-20H,1-8H3,(H,25,26,27). The Hall–Kier alpha value is -1.93. The van der Waals surface area contributed by atoms with Crippen LogP contribution in [-0.2, 0) is 19.6 Å². The summed E-state index contributed by atoms with van der Waals surface area (Å²) in [7, 11) is -4.65. The van der Waals surface area contributed by atoms with Crippen LogP contribution in [0.4, 0.5) is 0 Å². The molecule has 1 N–H and O–H groups in total. The average molecular weight is 443 g/mol. The second kappa shape index (κ2) is 10.4. The Kier molecular flexibility index (Phi) is 9.05. The summed E-state index contributed by atoms with van der Waals surface area (Å²) < 4.78 is 44.0. The van der Waals surface area contributed by atoms with Gasteiger partial charge in [-0.15, -0.1) is 0 Å². The predicted molar refractivity (Wildman–Crippen MR) is 114 cm³/mol.